The number of rotatable bonds is 1. The molecular weight excluding hydrogens is 396 g/mol. The first-order valence-corrected chi connectivity index (χ1v) is 6.80. The molecule has 0 saturated heterocycles. The van der Waals surface area contributed by atoms with Crippen molar-refractivity contribution in [3.63, 3.8) is 0 Å². The number of hydrogen-bond acceptors (Lipinski definition) is 0. The Labute approximate surface area is 127 Å². The van der Waals surface area contributed by atoms with Gasteiger partial charge in [-0.3, -0.25) is 0 Å². The average molecular weight is 401 g/mol. The van der Waals surface area contributed by atoms with Crippen LogP contribution in [-0.4, -0.2) is 0 Å². The predicted octanol–water partition coefficient (Wildman–Crippen LogP) is 6.06. The predicted molar refractivity (Wildman–Crippen MR) is 79.6 cm³/mol. The van der Waals surface area contributed by atoms with E-state index in [0.717, 1.165) is 3.57 Å². The highest BCUT2D eigenvalue weighted by Gasteiger charge is 2.11. The Morgan fingerprint density at radius 2 is 1.65 bits per heavy atom. The van der Waals surface area contributed by atoms with Gasteiger partial charge in [-0.1, -0.05) is 40.9 Å². The van der Waals surface area contributed by atoms with Crippen molar-refractivity contribution in [3.05, 3.63) is 54.8 Å². The monoisotopic (exact) mass is 400 g/mol. The van der Waals surface area contributed by atoms with Crippen molar-refractivity contribution in [2.45, 2.75) is 0 Å². The summed E-state index contributed by atoms with van der Waals surface area (Å²) < 4.78 is 14.1. The van der Waals surface area contributed by atoms with Gasteiger partial charge in [0.15, 0.2) is 0 Å². The van der Waals surface area contributed by atoms with Crippen LogP contribution in [0.15, 0.2) is 30.3 Å². The Hall–Kier alpha value is -0.0300. The summed E-state index contributed by atoms with van der Waals surface area (Å²) >= 11 is 19.9. The zero-order valence-corrected chi connectivity index (χ0v) is 12.7. The van der Waals surface area contributed by atoms with Crippen molar-refractivity contribution in [3.8, 4) is 11.1 Å². The summed E-state index contributed by atoms with van der Waals surface area (Å²) in [7, 11) is 0. The van der Waals surface area contributed by atoms with Gasteiger partial charge in [0.2, 0.25) is 0 Å². The van der Waals surface area contributed by atoms with Crippen LogP contribution in [0.3, 0.4) is 0 Å². The third-order valence-electron chi connectivity index (χ3n) is 2.21. The van der Waals surface area contributed by atoms with Gasteiger partial charge in [-0.05, 0) is 52.4 Å². The Morgan fingerprint density at radius 3 is 2.29 bits per heavy atom. The topological polar surface area (TPSA) is 0 Å². The molecule has 0 heterocycles. The van der Waals surface area contributed by atoms with Crippen LogP contribution < -0.4 is 0 Å². The molecule has 5 heteroatoms. The second-order valence-corrected chi connectivity index (χ2v) is 5.79. The molecular formula is C12H5Cl3FI. The Kier molecular flexibility index (Phi) is 4.18. The fourth-order valence-electron chi connectivity index (χ4n) is 1.46. The minimum atomic E-state index is -0.311. The third kappa shape index (κ3) is 2.87. The molecule has 0 aliphatic heterocycles. The highest BCUT2D eigenvalue weighted by Crippen LogP contribution is 2.38. The lowest BCUT2D eigenvalue weighted by Crippen LogP contribution is -1.85. The van der Waals surface area contributed by atoms with Gasteiger partial charge in [-0.15, -0.1) is 0 Å². The molecule has 0 N–H and O–H groups in total. The Bertz CT molecular complexity index is 564. The van der Waals surface area contributed by atoms with Gasteiger partial charge in [0.05, 0.1) is 15.1 Å². The second kappa shape index (κ2) is 5.31. The van der Waals surface area contributed by atoms with Crippen molar-refractivity contribution in [1.82, 2.24) is 0 Å². The van der Waals surface area contributed by atoms with E-state index in [0.29, 0.717) is 21.2 Å². The van der Waals surface area contributed by atoms with E-state index in [4.69, 9.17) is 34.8 Å². The highest BCUT2D eigenvalue weighted by molar-refractivity contribution is 14.1. The molecule has 0 aliphatic carbocycles. The molecule has 0 amide bonds. The molecule has 0 radical (unpaired) electrons. The van der Waals surface area contributed by atoms with E-state index in [1.165, 1.54) is 12.1 Å². The minimum Gasteiger partial charge on any atom is -0.207 e. The quantitative estimate of drug-likeness (QED) is 0.403. The highest BCUT2D eigenvalue weighted by atomic mass is 127. The molecule has 0 fully saturated rings. The van der Waals surface area contributed by atoms with Crippen LogP contribution in [0.25, 0.3) is 11.1 Å². The van der Waals surface area contributed by atoms with Crippen molar-refractivity contribution in [2.75, 3.05) is 0 Å². The minimum absolute atomic E-state index is 0.283. The van der Waals surface area contributed by atoms with Gasteiger partial charge < -0.3 is 0 Å². The molecule has 0 nitrogen and oxygen atoms in total. The van der Waals surface area contributed by atoms with Gasteiger partial charge in [0.25, 0.3) is 0 Å². The van der Waals surface area contributed by atoms with Crippen molar-refractivity contribution < 1.29 is 4.39 Å². The van der Waals surface area contributed by atoms with Gasteiger partial charge in [-0.2, -0.15) is 0 Å². The molecule has 2 aromatic carbocycles. The summed E-state index contributed by atoms with van der Waals surface area (Å²) in [4.78, 5) is 0. The molecule has 0 aliphatic rings. The molecule has 0 bridgehead atoms. The van der Waals surface area contributed by atoms with E-state index < -0.39 is 0 Å². The SMILES string of the molecule is Fc1cc(I)cc(-c2ccc(Cl)c(Cl)c2Cl)c1. The van der Waals surface area contributed by atoms with Crippen LogP contribution in [0.1, 0.15) is 0 Å². The third-order valence-corrected chi connectivity index (χ3v) is 4.13. The molecule has 2 rings (SSSR count). The summed E-state index contributed by atoms with van der Waals surface area (Å²) in [5.41, 5.74) is 1.34. The van der Waals surface area contributed by atoms with Crippen LogP contribution in [0.2, 0.25) is 15.1 Å². The summed E-state index contributed by atoms with van der Waals surface area (Å²) in [5.74, 6) is -0.311. The Balaban J connectivity index is 2.64. The molecule has 0 spiro atoms. The van der Waals surface area contributed by atoms with E-state index in [2.05, 4.69) is 0 Å². The lowest BCUT2D eigenvalue weighted by Gasteiger charge is -2.08. The number of benzene rings is 2. The summed E-state index contributed by atoms with van der Waals surface area (Å²) in [5, 5.41) is 0.997. The zero-order chi connectivity index (χ0) is 12.6. The van der Waals surface area contributed by atoms with Crippen LogP contribution in [0.4, 0.5) is 4.39 Å². The summed E-state index contributed by atoms with van der Waals surface area (Å²) in [6.45, 7) is 0. The first-order chi connectivity index (χ1) is 7.99. The molecule has 0 aromatic heterocycles. The molecule has 0 unspecified atom stereocenters. The summed E-state index contributed by atoms with van der Waals surface area (Å²) in [6, 6.07) is 8.04. The van der Waals surface area contributed by atoms with Crippen molar-refractivity contribution >= 4 is 57.4 Å². The first kappa shape index (κ1) is 13.4. The maximum Gasteiger partial charge on any atom is 0.124 e. The molecule has 17 heavy (non-hydrogen) atoms. The standard InChI is InChI=1S/C12H5Cl3FI/c13-10-2-1-9(11(14)12(10)15)6-3-7(16)5-8(17)4-6/h1-5H. The van der Waals surface area contributed by atoms with Crippen LogP contribution in [0.5, 0.6) is 0 Å². The largest absolute Gasteiger partial charge is 0.207 e. The normalized spacial score (nSPS) is 10.6. The number of halogens is 5. The molecule has 0 atom stereocenters. The van der Waals surface area contributed by atoms with Crippen molar-refractivity contribution in [1.29, 1.82) is 0 Å². The first-order valence-electron chi connectivity index (χ1n) is 4.59. The van der Waals surface area contributed by atoms with Crippen LogP contribution in [-0.2, 0) is 0 Å². The van der Waals surface area contributed by atoms with Crippen molar-refractivity contribution in [2.24, 2.45) is 0 Å². The lowest BCUT2D eigenvalue weighted by molar-refractivity contribution is 0.627. The smallest absolute Gasteiger partial charge is 0.124 e. The van der Waals surface area contributed by atoms with Gasteiger partial charge in [0, 0.05) is 9.13 Å². The maximum atomic E-state index is 13.3. The van der Waals surface area contributed by atoms with Gasteiger partial charge in [0.1, 0.15) is 5.82 Å². The fourth-order valence-corrected chi connectivity index (χ4v) is 2.74. The van der Waals surface area contributed by atoms with E-state index in [9.17, 15) is 4.39 Å². The number of hydrogen-bond donors (Lipinski definition) is 0. The fraction of sp³-hybridized carbons (Fsp3) is 0. The van der Waals surface area contributed by atoms with E-state index >= 15 is 0 Å². The van der Waals surface area contributed by atoms with E-state index in [1.54, 1.807) is 12.1 Å². The van der Waals surface area contributed by atoms with Gasteiger partial charge >= 0.3 is 0 Å². The van der Waals surface area contributed by atoms with E-state index in [-0.39, 0.29) is 10.8 Å². The maximum absolute atomic E-state index is 13.3. The second-order valence-electron chi connectivity index (χ2n) is 3.38. The Morgan fingerprint density at radius 1 is 0.941 bits per heavy atom. The molecule has 0 saturated carbocycles. The van der Waals surface area contributed by atoms with E-state index in [1.807, 2.05) is 28.7 Å². The van der Waals surface area contributed by atoms with Crippen LogP contribution in [0, 0.1) is 9.39 Å². The zero-order valence-electron chi connectivity index (χ0n) is 8.28. The average Bonchev–Trinajstić information content (AvgIpc) is 2.24. The molecule has 2 aromatic rings. The summed E-state index contributed by atoms with van der Waals surface area (Å²) in [6.07, 6.45) is 0. The molecule has 88 valence electrons. The van der Waals surface area contributed by atoms with Crippen LogP contribution >= 0.6 is 57.4 Å². The van der Waals surface area contributed by atoms with Gasteiger partial charge in [-0.25, -0.2) is 4.39 Å². The lowest BCUT2D eigenvalue weighted by atomic mass is 10.1.